The number of carbonyl (C=O) groups excluding carboxylic acids is 1. The lowest BCUT2D eigenvalue weighted by Crippen LogP contribution is -2.33. The van der Waals surface area contributed by atoms with Gasteiger partial charge in [-0.2, -0.15) is 0 Å². The summed E-state index contributed by atoms with van der Waals surface area (Å²) in [4.78, 5) is 30.0. The van der Waals surface area contributed by atoms with E-state index in [-0.39, 0.29) is 23.2 Å². The molecular weight excluding hydrogens is 365 g/mol. The molecule has 2 aromatic carbocycles. The van der Waals surface area contributed by atoms with Gasteiger partial charge in [-0.1, -0.05) is 36.0 Å². The minimum Gasteiger partial charge on any atom is -0.352 e. The molecule has 3 aromatic rings. The Labute approximate surface area is 159 Å². The first kappa shape index (κ1) is 17.7. The molecule has 27 heavy (non-hydrogen) atoms. The zero-order chi connectivity index (χ0) is 19.0. The maximum absolute atomic E-state index is 14.4. The van der Waals surface area contributed by atoms with Crippen molar-refractivity contribution < 1.29 is 9.18 Å². The van der Waals surface area contributed by atoms with Crippen LogP contribution in [0.25, 0.3) is 16.6 Å². The van der Waals surface area contributed by atoms with E-state index in [2.05, 4.69) is 10.3 Å². The SMILES string of the molecule is CC(Sc1nc2ccccc2c(=O)n1-c1ccccc1F)C(=O)NC1CC1. The average Bonchev–Trinajstić information content (AvgIpc) is 3.47. The summed E-state index contributed by atoms with van der Waals surface area (Å²) in [7, 11) is 0. The van der Waals surface area contributed by atoms with Crippen molar-refractivity contribution in [1.82, 2.24) is 14.9 Å². The second-order valence-electron chi connectivity index (χ2n) is 6.55. The first-order chi connectivity index (χ1) is 13.0. The van der Waals surface area contributed by atoms with Crippen molar-refractivity contribution >= 4 is 28.6 Å². The van der Waals surface area contributed by atoms with Gasteiger partial charge in [0.1, 0.15) is 5.82 Å². The van der Waals surface area contributed by atoms with Crippen LogP contribution in [0.3, 0.4) is 0 Å². The van der Waals surface area contributed by atoms with Crippen LogP contribution in [0, 0.1) is 5.82 Å². The molecule has 4 rings (SSSR count). The summed E-state index contributed by atoms with van der Waals surface area (Å²) >= 11 is 1.15. The summed E-state index contributed by atoms with van der Waals surface area (Å²) in [5, 5.41) is 3.18. The number of aromatic nitrogens is 2. The number of rotatable bonds is 5. The zero-order valence-electron chi connectivity index (χ0n) is 14.7. The van der Waals surface area contributed by atoms with Gasteiger partial charge in [0.05, 0.1) is 21.8 Å². The van der Waals surface area contributed by atoms with Gasteiger partial charge in [-0.3, -0.25) is 14.2 Å². The maximum Gasteiger partial charge on any atom is 0.266 e. The van der Waals surface area contributed by atoms with E-state index in [1.165, 1.54) is 16.7 Å². The van der Waals surface area contributed by atoms with Crippen molar-refractivity contribution in [3.63, 3.8) is 0 Å². The Bertz CT molecular complexity index is 1080. The average molecular weight is 383 g/mol. The van der Waals surface area contributed by atoms with Crippen molar-refractivity contribution in [2.45, 2.75) is 36.2 Å². The highest BCUT2D eigenvalue weighted by molar-refractivity contribution is 8.00. The molecule has 1 aromatic heterocycles. The van der Waals surface area contributed by atoms with E-state index in [0.717, 1.165) is 24.6 Å². The fourth-order valence-electron chi connectivity index (χ4n) is 2.79. The quantitative estimate of drug-likeness (QED) is 0.542. The molecule has 7 heteroatoms. The molecule has 0 saturated heterocycles. The molecule has 0 bridgehead atoms. The van der Waals surface area contributed by atoms with Crippen LogP contribution in [0.1, 0.15) is 19.8 Å². The summed E-state index contributed by atoms with van der Waals surface area (Å²) in [5.41, 5.74) is 0.286. The van der Waals surface area contributed by atoms with E-state index >= 15 is 0 Å². The van der Waals surface area contributed by atoms with Gasteiger partial charge in [-0.25, -0.2) is 9.37 Å². The molecule has 5 nitrogen and oxygen atoms in total. The highest BCUT2D eigenvalue weighted by Gasteiger charge is 2.27. The predicted octanol–water partition coefficient (Wildman–Crippen LogP) is 3.28. The molecule has 1 atom stereocenters. The molecule has 1 heterocycles. The number of nitrogens with zero attached hydrogens (tertiary/aromatic N) is 2. The van der Waals surface area contributed by atoms with Gasteiger partial charge in [0.15, 0.2) is 5.16 Å². The van der Waals surface area contributed by atoms with Crippen molar-refractivity contribution in [1.29, 1.82) is 0 Å². The van der Waals surface area contributed by atoms with Crippen molar-refractivity contribution in [3.8, 4) is 5.69 Å². The number of halogens is 1. The number of amides is 1. The van der Waals surface area contributed by atoms with Gasteiger partial charge in [-0.05, 0) is 44.0 Å². The molecule has 1 aliphatic rings. The van der Waals surface area contributed by atoms with Crippen LogP contribution < -0.4 is 10.9 Å². The van der Waals surface area contributed by atoms with Gasteiger partial charge in [0, 0.05) is 6.04 Å². The van der Waals surface area contributed by atoms with Crippen LogP contribution in [0.5, 0.6) is 0 Å². The monoisotopic (exact) mass is 383 g/mol. The third kappa shape index (κ3) is 3.60. The zero-order valence-corrected chi connectivity index (χ0v) is 15.5. The normalized spacial score (nSPS) is 14.9. The molecule has 0 radical (unpaired) electrons. The Balaban J connectivity index is 1.82. The Morgan fingerprint density at radius 1 is 1.22 bits per heavy atom. The maximum atomic E-state index is 14.4. The molecule has 1 aliphatic carbocycles. The lowest BCUT2D eigenvalue weighted by Gasteiger charge is -2.16. The summed E-state index contributed by atoms with van der Waals surface area (Å²) in [5.74, 6) is -0.626. The van der Waals surface area contributed by atoms with E-state index in [1.807, 2.05) is 0 Å². The van der Waals surface area contributed by atoms with E-state index < -0.39 is 11.1 Å². The third-order valence-corrected chi connectivity index (χ3v) is 5.47. The molecule has 0 aliphatic heterocycles. The van der Waals surface area contributed by atoms with Crippen molar-refractivity contribution in [2.75, 3.05) is 0 Å². The standard InChI is InChI=1S/C20H18FN3O2S/c1-12(18(25)22-13-10-11-13)27-20-23-16-8-4-2-6-14(16)19(26)24(20)17-9-5-3-7-15(17)21/h2-9,12-13H,10-11H2,1H3,(H,22,25). The van der Waals surface area contributed by atoms with Crippen LogP contribution in [0.2, 0.25) is 0 Å². The van der Waals surface area contributed by atoms with E-state index in [1.54, 1.807) is 43.3 Å². The molecule has 1 saturated carbocycles. The Kier molecular flexibility index (Phi) is 4.70. The largest absolute Gasteiger partial charge is 0.352 e. The lowest BCUT2D eigenvalue weighted by atomic mass is 10.2. The van der Waals surface area contributed by atoms with Crippen LogP contribution in [0.4, 0.5) is 4.39 Å². The highest BCUT2D eigenvalue weighted by Crippen LogP contribution is 2.27. The second-order valence-corrected chi connectivity index (χ2v) is 7.85. The highest BCUT2D eigenvalue weighted by atomic mass is 32.2. The summed E-state index contributed by atoms with van der Waals surface area (Å²) < 4.78 is 15.7. The minimum absolute atomic E-state index is 0.106. The van der Waals surface area contributed by atoms with Crippen molar-refractivity contribution in [3.05, 3.63) is 64.7 Å². The molecule has 1 amide bonds. The molecule has 0 spiro atoms. The first-order valence-corrected chi connectivity index (χ1v) is 9.66. The molecular formula is C20H18FN3O2S. The first-order valence-electron chi connectivity index (χ1n) is 8.78. The number of fused-ring (bicyclic) bond motifs is 1. The van der Waals surface area contributed by atoms with Crippen LogP contribution >= 0.6 is 11.8 Å². The minimum atomic E-state index is -0.520. The summed E-state index contributed by atoms with van der Waals surface area (Å²) in [6.45, 7) is 1.76. The third-order valence-electron chi connectivity index (χ3n) is 4.41. The van der Waals surface area contributed by atoms with Gasteiger partial charge < -0.3 is 5.32 Å². The molecule has 138 valence electrons. The molecule has 1 unspecified atom stereocenters. The van der Waals surface area contributed by atoms with E-state index in [9.17, 15) is 14.0 Å². The molecule has 1 fully saturated rings. The number of para-hydroxylation sites is 2. The Morgan fingerprint density at radius 3 is 2.67 bits per heavy atom. The van der Waals surface area contributed by atoms with Crippen LogP contribution in [0.15, 0.2) is 58.5 Å². The van der Waals surface area contributed by atoms with Crippen LogP contribution in [-0.4, -0.2) is 26.8 Å². The summed E-state index contributed by atoms with van der Waals surface area (Å²) in [6, 6.07) is 13.3. The fourth-order valence-corrected chi connectivity index (χ4v) is 3.72. The summed E-state index contributed by atoms with van der Waals surface area (Å²) in [6.07, 6.45) is 1.99. The number of hydrogen-bond acceptors (Lipinski definition) is 4. The number of nitrogens with one attached hydrogen (secondary N) is 1. The fraction of sp³-hybridized carbons (Fsp3) is 0.250. The van der Waals surface area contributed by atoms with Gasteiger partial charge in [0.25, 0.3) is 5.56 Å². The Hall–Kier alpha value is -2.67. The van der Waals surface area contributed by atoms with E-state index in [4.69, 9.17) is 0 Å². The predicted molar refractivity (Wildman–Crippen MR) is 104 cm³/mol. The van der Waals surface area contributed by atoms with Gasteiger partial charge in [-0.15, -0.1) is 0 Å². The topological polar surface area (TPSA) is 64.0 Å². The van der Waals surface area contributed by atoms with Gasteiger partial charge in [0.2, 0.25) is 5.91 Å². The van der Waals surface area contributed by atoms with Crippen molar-refractivity contribution in [2.24, 2.45) is 0 Å². The smallest absolute Gasteiger partial charge is 0.266 e. The Morgan fingerprint density at radius 2 is 1.93 bits per heavy atom. The van der Waals surface area contributed by atoms with E-state index in [0.29, 0.717) is 16.1 Å². The van der Waals surface area contributed by atoms with Gasteiger partial charge >= 0.3 is 0 Å². The number of benzene rings is 2. The molecule has 1 N–H and O–H groups in total. The lowest BCUT2D eigenvalue weighted by molar-refractivity contribution is -0.120. The number of thioether (sulfide) groups is 1. The number of carbonyl (C=O) groups is 1. The second kappa shape index (κ2) is 7.15. The van der Waals surface area contributed by atoms with Crippen LogP contribution in [-0.2, 0) is 4.79 Å². The number of hydrogen-bond donors (Lipinski definition) is 1.